The van der Waals surface area contributed by atoms with Gasteiger partial charge in [0.05, 0.1) is 33.4 Å². The minimum Gasteiger partial charge on any atom is -0.493 e. The number of amides is 1. The molecule has 0 bridgehead atoms. The lowest BCUT2D eigenvalue weighted by Gasteiger charge is -2.15. The Balaban J connectivity index is 1.68. The molecule has 2 N–H and O–H groups in total. The van der Waals surface area contributed by atoms with Crippen LogP contribution in [0.5, 0.6) is 17.2 Å². The second kappa shape index (κ2) is 11.9. The number of methoxy groups -OCH3 is 2. The van der Waals surface area contributed by atoms with Crippen molar-refractivity contribution in [3.8, 4) is 17.2 Å². The summed E-state index contributed by atoms with van der Waals surface area (Å²) in [5, 5.41) is 2.82. The van der Waals surface area contributed by atoms with Crippen LogP contribution in [0.25, 0.3) is 17.2 Å². The molecule has 4 rings (SSSR count). The second-order valence-electron chi connectivity index (χ2n) is 8.45. The van der Waals surface area contributed by atoms with Crippen molar-refractivity contribution >= 4 is 31.0 Å². The Morgan fingerprint density at radius 1 is 1.10 bits per heavy atom. The first-order valence-corrected chi connectivity index (χ1v) is 13.2. The van der Waals surface area contributed by atoms with Crippen molar-refractivity contribution in [2.45, 2.75) is 19.9 Å². The molecule has 1 aromatic heterocycles. The van der Waals surface area contributed by atoms with E-state index in [1.165, 1.54) is 32.6 Å². The SMILES string of the molecule is COc1cc(/C=C2/C(C)=C(CC(=O)NCc3ccco3)c3cc(F)ccc32)cc(OC)c1OOP(=O)(O)OC. The lowest BCUT2D eigenvalue weighted by atomic mass is 10.00. The Hall–Kier alpha value is -3.89. The molecule has 39 heavy (non-hydrogen) atoms. The normalized spacial score (nSPS) is 15.2. The minimum absolute atomic E-state index is 0.0395. The summed E-state index contributed by atoms with van der Waals surface area (Å²) in [4.78, 5) is 27.3. The van der Waals surface area contributed by atoms with Gasteiger partial charge in [-0.05, 0) is 82.8 Å². The molecule has 0 radical (unpaired) electrons. The number of rotatable bonds is 11. The molecule has 1 heterocycles. The van der Waals surface area contributed by atoms with E-state index in [0.29, 0.717) is 22.5 Å². The average Bonchev–Trinajstić information content (AvgIpc) is 3.53. The van der Waals surface area contributed by atoms with E-state index in [0.717, 1.165) is 23.8 Å². The van der Waals surface area contributed by atoms with Crippen molar-refractivity contribution in [2.75, 3.05) is 21.3 Å². The van der Waals surface area contributed by atoms with Crippen LogP contribution in [0.1, 0.15) is 35.8 Å². The van der Waals surface area contributed by atoms with Gasteiger partial charge in [0.2, 0.25) is 11.7 Å². The van der Waals surface area contributed by atoms with Crippen molar-refractivity contribution in [1.82, 2.24) is 5.32 Å². The van der Waals surface area contributed by atoms with E-state index >= 15 is 0 Å². The zero-order valence-electron chi connectivity index (χ0n) is 21.6. The lowest BCUT2D eigenvalue weighted by molar-refractivity contribution is -0.127. The number of allylic oxidation sites excluding steroid dienone is 2. The van der Waals surface area contributed by atoms with Crippen LogP contribution in [0, 0.1) is 5.82 Å². The molecule has 12 heteroatoms. The molecule has 0 saturated carbocycles. The summed E-state index contributed by atoms with van der Waals surface area (Å²) in [6, 6.07) is 11.1. The van der Waals surface area contributed by atoms with Gasteiger partial charge in [-0.3, -0.25) is 9.32 Å². The Labute approximate surface area is 224 Å². The van der Waals surface area contributed by atoms with Crippen molar-refractivity contribution in [3.63, 3.8) is 0 Å². The highest BCUT2D eigenvalue weighted by molar-refractivity contribution is 7.47. The van der Waals surface area contributed by atoms with E-state index in [-0.39, 0.29) is 36.1 Å². The molecule has 2 aromatic carbocycles. The molecule has 0 saturated heterocycles. The summed E-state index contributed by atoms with van der Waals surface area (Å²) in [6.07, 6.45) is 3.40. The van der Waals surface area contributed by atoms with Gasteiger partial charge in [-0.15, -0.1) is 0 Å². The smallest absolute Gasteiger partial charge is 0.493 e. The molecule has 0 aliphatic heterocycles. The third kappa shape index (κ3) is 6.40. The van der Waals surface area contributed by atoms with Gasteiger partial charge in [0, 0.05) is 7.11 Å². The molecule has 206 valence electrons. The maximum atomic E-state index is 14.3. The lowest BCUT2D eigenvalue weighted by Crippen LogP contribution is -2.22. The Morgan fingerprint density at radius 3 is 2.44 bits per heavy atom. The van der Waals surface area contributed by atoms with Crippen LogP contribution in [0.3, 0.4) is 0 Å². The van der Waals surface area contributed by atoms with Gasteiger partial charge in [0.25, 0.3) is 0 Å². The van der Waals surface area contributed by atoms with E-state index in [1.807, 2.05) is 13.0 Å². The highest BCUT2D eigenvalue weighted by Crippen LogP contribution is 2.48. The van der Waals surface area contributed by atoms with E-state index in [4.69, 9.17) is 18.8 Å². The molecule has 1 aliphatic carbocycles. The van der Waals surface area contributed by atoms with Crippen molar-refractivity contribution < 1.29 is 46.6 Å². The summed E-state index contributed by atoms with van der Waals surface area (Å²) >= 11 is 0. The van der Waals surface area contributed by atoms with Crippen molar-refractivity contribution in [2.24, 2.45) is 0 Å². The summed E-state index contributed by atoms with van der Waals surface area (Å²) < 4.78 is 50.8. The number of nitrogens with one attached hydrogen (secondary N) is 1. The van der Waals surface area contributed by atoms with E-state index in [2.05, 4.69) is 14.5 Å². The molecule has 0 spiro atoms. The van der Waals surface area contributed by atoms with Crippen LogP contribution in [0.15, 0.2) is 58.7 Å². The van der Waals surface area contributed by atoms with Gasteiger partial charge in [-0.25, -0.2) is 8.96 Å². The highest BCUT2D eigenvalue weighted by Gasteiger charge is 2.27. The fraction of sp³-hybridized carbons (Fsp3) is 0.222. The molecule has 1 amide bonds. The van der Waals surface area contributed by atoms with Gasteiger partial charge in [0.1, 0.15) is 11.6 Å². The first kappa shape index (κ1) is 28.1. The second-order valence-corrected chi connectivity index (χ2v) is 9.90. The summed E-state index contributed by atoms with van der Waals surface area (Å²) in [7, 11) is -0.689. The van der Waals surface area contributed by atoms with E-state index < -0.39 is 13.6 Å². The topological polar surface area (TPSA) is 126 Å². The first-order chi connectivity index (χ1) is 18.7. The Bertz CT molecular complexity index is 1460. The molecule has 1 atom stereocenters. The average molecular weight is 559 g/mol. The van der Waals surface area contributed by atoms with Crippen LogP contribution in [-0.2, 0) is 25.1 Å². The van der Waals surface area contributed by atoms with Gasteiger partial charge < -0.3 is 29.0 Å². The number of phosphoric acid groups is 1. The number of carbonyl (C=O) groups is 1. The first-order valence-electron chi connectivity index (χ1n) is 11.7. The zero-order chi connectivity index (χ0) is 28.2. The van der Waals surface area contributed by atoms with Crippen molar-refractivity contribution in [1.29, 1.82) is 0 Å². The van der Waals surface area contributed by atoms with Crippen LogP contribution in [-0.4, -0.2) is 32.1 Å². The maximum absolute atomic E-state index is 14.3. The number of ether oxygens (including phenoxy) is 2. The molecule has 0 fully saturated rings. The van der Waals surface area contributed by atoms with Crippen LogP contribution in [0.4, 0.5) is 4.39 Å². The fourth-order valence-electron chi connectivity index (χ4n) is 4.15. The van der Waals surface area contributed by atoms with Crippen LogP contribution >= 0.6 is 7.82 Å². The zero-order valence-corrected chi connectivity index (χ0v) is 22.5. The third-order valence-electron chi connectivity index (χ3n) is 6.07. The minimum atomic E-state index is -4.44. The standard InChI is InChI=1S/C27H27FNO9P/c1-16-21(10-17-11-24(33-2)27(25(12-17)34-3)37-38-39(31,32)35-4)20-8-7-18(28)13-23(20)22(16)14-26(30)29-15-19-6-5-9-36-19/h5-13H,14-15H2,1-4H3,(H,29,30)(H,31,32)/b21-10-. The van der Waals surface area contributed by atoms with E-state index in [1.54, 1.807) is 30.3 Å². The number of hydrogen-bond acceptors (Lipinski definition) is 8. The number of hydrogen-bond donors (Lipinski definition) is 2. The Morgan fingerprint density at radius 2 is 1.82 bits per heavy atom. The maximum Gasteiger partial charge on any atom is 0.508 e. The van der Waals surface area contributed by atoms with Gasteiger partial charge in [0.15, 0.2) is 11.5 Å². The fourth-order valence-corrected chi connectivity index (χ4v) is 4.38. The highest BCUT2D eigenvalue weighted by atomic mass is 31.2. The largest absolute Gasteiger partial charge is 0.508 e. The molecule has 1 aliphatic rings. The van der Waals surface area contributed by atoms with Gasteiger partial charge >= 0.3 is 7.82 Å². The number of benzene rings is 2. The third-order valence-corrected chi connectivity index (χ3v) is 6.79. The van der Waals surface area contributed by atoms with Crippen LogP contribution < -0.4 is 19.7 Å². The number of halogens is 1. The summed E-state index contributed by atoms with van der Waals surface area (Å²) in [6.45, 7) is 2.10. The molecule has 10 nitrogen and oxygen atoms in total. The molecular formula is C27H27FNO9P. The number of carbonyl (C=O) groups excluding carboxylic acids is 1. The number of phosphoric ester groups is 1. The summed E-state index contributed by atoms with van der Waals surface area (Å²) in [5.74, 6) is 0.182. The molecule has 3 aromatic rings. The van der Waals surface area contributed by atoms with Gasteiger partial charge in [-0.2, -0.15) is 0 Å². The van der Waals surface area contributed by atoms with Crippen LogP contribution in [0.2, 0.25) is 0 Å². The molecule has 1 unspecified atom stereocenters. The molecular weight excluding hydrogens is 532 g/mol. The monoisotopic (exact) mass is 559 g/mol. The predicted molar refractivity (Wildman–Crippen MR) is 140 cm³/mol. The summed E-state index contributed by atoms with van der Waals surface area (Å²) in [5.41, 5.74) is 4.25. The predicted octanol–water partition coefficient (Wildman–Crippen LogP) is 5.53. The Kier molecular flexibility index (Phi) is 8.57. The quantitative estimate of drug-likeness (QED) is 0.177. The number of fused-ring (bicyclic) bond motifs is 1. The number of furan rings is 1. The van der Waals surface area contributed by atoms with E-state index in [9.17, 15) is 18.6 Å². The van der Waals surface area contributed by atoms with Crippen molar-refractivity contribution in [3.05, 3.63) is 82.6 Å². The van der Waals surface area contributed by atoms with Gasteiger partial charge in [-0.1, -0.05) is 10.7 Å².